The minimum absolute atomic E-state index is 0.0121. The van der Waals surface area contributed by atoms with Crippen LogP contribution in [-0.2, 0) is 0 Å². The van der Waals surface area contributed by atoms with Crippen molar-refractivity contribution in [1.82, 2.24) is 0 Å². The molecule has 1 aliphatic rings. The van der Waals surface area contributed by atoms with Crippen LogP contribution in [0.5, 0.6) is 28.7 Å². The van der Waals surface area contributed by atoms with Gasteiger partial charge in [-0.2, -0.15) is 9.65 Å². The molecule has 0 bridgehead atoms. The zero-order valence-electron chi connectivity index (χ0n) is 36.1. The first-order valence-electron chi connectivity index (χ1n) is 20.2. The first kappa shape index (κ1) is 50.3. The Morgan fingerprint density at radius 3 is 1.82 bits per heavy atom. The average Bonchev–Trinajstić information content (AvgIpc) is 3.85. The second-order valence-electron chi connectivity index (χ2n) is 14.0. The number of nitrogens with one attached hydrogen (secondary N) is 6. The number of carbonyl (C=O) groups is 3. The van der Waals surface area contributed by atoms with Crippen LogP contribution in [0.3, 0.4) is 0 Å². The van der Waals surface area contributed by atoms with E-state index in [1.807, 2.05) is 6.07 Å². The number of phenolic OH excluding ortho intramolecular Hbond substituents is 3. The van der Waals surface area contributed by atoms with E-state index in [-0.39, 0.29) is 41.0 Å². The van der Waals surface area contributed by atoms with E-state index in [1.54, 1.807) is 91.0 Å². The number of phenols is 3. The summed E-state index contributed by atoms with van der Waals surface area (Å²) < 4.78 is 36.4. The molecule has 71 heavy (non-hydrogen) atoms. The van der Waals surface area contributed by atoms with E-state index in [2.05, 4.69) is 31.9 Å². The van der Waals surface area contributed by atoms with Gasteiger partial charge >= 0.3 is 18.1 Å². The fraction of sp³-hybridized carbons (Fsp3) is 0.0213. The molecule has 8 rings (SSSR count). The molecule has 1 aliphatic heterocycles. The number of halogens is 2. The first-order valence-corrected chi connectivity index (χ1v) is 21.0. The molecule has 360 valence electrons. The van der Waals surface area contributed by atoms with Gasteiger partial charge in [0, 0.05) is 22.7 Å². The summed E-state index contributed by atoms with van der Waals surface area (Å²) in [6.45, 7) is 0.103. The summed E-state index contributed by atoms with van der Waals surface area (Å²) in [6.07, 6.45) is 0. The van der Waals surface area contributed by atoms with Crippen LogP contribution in [0.15, 0.2) is 155 Å². The number of benzene rings is 7. The molecule has 24 heteroatoms. The number of amides is 6. The number of hydrogen-bond donors (Lipinski definition) is 9. The van der Waals surface area contributed by atoms with Crippen LogP contribution in [0, 0.1) is 43.2 Å². The van der Waals surface area contributed by atoms with Crippen molar-refractivity contribution in [1.29, 1.82) is 5.26 Å². The summed E-state index contributed by atoms with van der Waals surface area (Å²) in [6, 6.07) is 36.0. The second kappa shape index (κ2) is 23.5. The number of ether oxygens (including phenoxy) is 2. The molecule has 1 heterocycles. The van der Waals surface area contributed by atoms with Crippen molar-refractivity contribution in [3.05, 3.63) is 183 Å². The molecule has 0 radical (unpaired) electrons. The molecule has 0 atom stereocenters. The Morgan fingerprint density at radius 1 is 0.592 bits per heavy atom. The van der Waals surface area contributed by atoms with E-state index < -0.39 is 51.1 Å². The standard InChI is InChI=1S/C19H14N4O6S.C15H11N3O4.C13H10F2N2O2/c24-16-11-12(22(26)27)9-10-13(16)20-19(25)21-14-5-1-3-7-17(14)30-18-8-4-2-6-15(18)23(28)29;16-7-9-4-5-10(12(19)6-9)17-15(20)18-11-2-1-3-13-14(11)22-8-21-13;14-9-6-7-10(12(18)11(9)15)17-13(19)16-8-4-2-1-3-5-8/h1-11,24H,(H2,20,21,25);1-6,19H,8H2,(H2,17,18,20);1-7,18H,(H2,16,17,19). The number of fused-ring (bicyclic) bond motifs is 1. The van der Waals surface area contributed by atoms with Gasteiger partial charge in [0.25, 0.3) is 11.4 Å². The highest BCUT2D eigenvalue weighted by molar-refractivity contribution is 7.99. The van der Waals surface area contributed by atoms with Crippen molar-refractivity contribution < 1.29 is 57.8 Å². The molecule has 21 nitrogen and oxygen atoms in total. The number of rotatable bonds is 10. The summed E-state index contributed by atoms with van der Waals surface area (Å²) >= 11 is 1.12. The number of nitro benzene ring substituents is 2. The van der Waals surface area contributed by atoms with Crippen LogP contribution in [0.2, 0.25) is 0 Å². The van der Waals surface area contributed by atoms with E-state index in [9.17, 15) is 58.7 Å². The SMILES string of the molecule is N#Cc1ccc(NC(=O)Nc2cccc3c2OCO3)c(O)c1.O=C(Nc1ccc([N+](=O)[O-])cc1O)Nc1ccccc1Sc1ccccc1[N+](=O)[O-].O=C(Nc1ccccc1)Nc1ccc(F)c(F)c1O. The number of aromatic hydroxyl groups is 3. The van der Waals surface area contributed by atoms with Gasteiger partial charge in [0.15, 0.2) is 23.1 Å². The normalized spacial score (nSPS) is 10.6. The Bertz CT molecular complexity index is 3180. The first-order chi connectivity index (χ1) is 34.1. The number of para-hydroxylation sites is 4. The number of nitrogens with zero attached hydrogens (tertiary/aromatic N) is 3. The molecule has 0 unspecified atom stereocenters. The minimum Gasteiger partial charge on any atom is -0.506 e. The van der Waals surface area contributed by atoms with Crippen LogP contribution in [0.4, 0.5) is 68.7 Å². The third-order valence-electron chi connectivity index (χ3n) is 9.23. The quantitative estimate of drug-likeness (QED) is 0.0350. The predicted octanol–water partition coefficient (Wildman–Crippen LogP) is 11.0. The maximum Gasteiger partial charge on any atom is 0.323 e. The molecule has 0 saturated heterocycles. The maximum atomic E-state index is 13.1. The molecule has 0 fully saturated rings. The zero-order valence-corrected chi connectivity index (χ0v) is 36.9. The van der Waals surface area contributed by atoms with Crippen molar-refractivity contribution in [3.63, 3.8) is 0 Å². The van der Waals surface area contributed by atoms with Gasteiger partial charge < -0.3 is 56.7 Å². The molecule has 9 N–H and O–H groups in total. The summed E-state index contributed by atoms with van der Waals surface area (Å²) in [4.78, 5) is 57.7. The number of urea groups is 3. The second-order valence-corrected chi connectivity index (χ2v) is 15.1. The Hall–Kier alpha value is -10.2. The average molecular weight is 988 g/mol. The third kappa shape index (κ3) is 13.7. The van der Waals surface area contributed by atoms with Crippen molar-refractivity contribution in [2.24, 2.45) is 0 Å². The van der Waals surface area contributed by atoms with E-state index in [1.165, 1.54) is 30.3 Å². The highest BCUT2D eigenvalue weighted by Gasteiger charge is 2.20. The molecule has 0 aromatic heterocycles. The van der Waals surface area contributed by atoms with Crippen LogP contribution >= 0.6 is 11.8 Å². The van der Waals surface area contributed by atoms with Gasteiger partial charge in [0.1, 0.15) is 11.5 Å². The largest absolute Gasteiger partial charge is 0.506 e. The van der Waals surface area contributed by atoms with E-state index in [4.69, 9.17) is 14.7 Å². The Balaban J connectivity index is 0.000000180. The fourth-order valence-corrected chi connectivity index (χ4v) is 6.95. The Kier molecular flexibility index (Phi) is 16.7. The number of hydrogen-bond acceptors (Lipinski definition) is 14. The highest BCUT2D eigenvalue weighted by atomic mass is 32.2. The monoisotopic (exact) mass is 987 g/mol. The van der Waals surface area contributed by atoms with Crippen molar-refractivity contribution in [2.75, 3.05) is 38.7 Å². The lowest BCUT2D eigenvalue weighted by Crippen LogP contribution is -2.19. The van der Waals surface area contributed by atoms with Crippen molar-refractivity contribution in [3.8, 4) is 34.8 Å². The Labute approximate surface area is 403 Å². The lowest BCUT2D eigenvalue weighted by atomic mass is 10.2. The predicted molar refractivity (Wildman–Crippen MR) is 256 cm³/mol. The smallest absolute Gasteiger partial charge is 0.323 e. The number of nitriles is 1. The van der Waals surface area contributed by atoms with Gasteiger partial charge in [-0.1, -0.05) is 60.3 Å². The molecular formula is C47H35F2N9O12S. The van der Waals surface area contributed by atoms with Crippen LogP contribution in [-0.4, -0.2) is 50.1 Å². The summed E-state index contributed by atoms with van der Waals surface area (Å²) in [7, 11) is 0. The van der Waals surface area contributed by atoms with Gasteiger partial charge in [-0.25, -0.2) is 18.8 Å². The summed E-state index contributed by atoms with van der Waals surface area (Å²) in [5.74, 6) is -3.16. The highest BCUT2D eigenvalue weighted by Crippen LogP contribution is 2.40. The van der Waals surface area contributed by atoms with Gasteiger partial charge in [0.05, 0.1) is 60.9 Å². The van der Waals surface area contributed by atoms with Gasteiger partial charge in [-0.3, -0.25) is 20.2 Å². The molecular weight excluding hydrogens is 953 g/mol. The van der Waals surface area contributed by atoms with E-state index in [0.717, 1.165) is 36.0 Å². The van der Waals surface area contributed by atoms with Crippen molar-refractivity contribution >= 4 is 75.4 Å². The lowest BCUT2D eigenvalue weighted by Gasteiger charge is -2.12. The van der Waals surface area contributed by atoms with Gasteiger partial charge in [-0.05, 0) is 78.9 Å². The topological polar surface area (TPSA) is 313 Å². The summed E-state index contributed by atoms with van der Waals surface area (Å²) in [5, 5.41) is 74.5. The molecule has 0 spiro atoms. The third-order valence-corrected chi connectivity index (χ3v) is 10.4. The van der Waals surface area contributed by atoms with E-state index in [0.29, 0.717) is 43.9 Å². The van der Waals surface area contributed by atoms with Crippen LogP contribution in [0.1, 0.15) is 5.56 Å². The minimum atomic E-state index is -1.41. The van der Waals surface area contributed by atoms with Crippen molar-refractivity contribution in [2.45, 2.75) is 9.79 Å². The van der Waals surface area contributed by atoms with Gasteiger partial charge in [-0.15, -0.1) is 0 Å². The zero-order chi connectivity index (χ0) is 51.0. The molecule has 7 aromatic rings. The molecule has 6 amide bonds. The molecule has 7 aromatic carbocycles. The number of non-ortho nitro benzene ring substituents is 1. The molecule has 0 saturated carbocycles. The number of carbonyl (C=O) groups excluding carboxylic acids is 3. The fourth-order valence-electron chi connectivity index (χ4n) is 5.95. The maximum absolute atomic E-state index is 13.1. The van der Waals surface area contributed by atoms with E-state index >= 15 is 0 Å². The molecule has 0 aliphatic carbocycles. The summed E-state index contributed by atoms with van der Waals surface area (Å²) in [5.41, 5.74) is 1.27. The lowest BCUT2D eigenvalue weighted by molar-refractivity contribution is -0.387. The Morgan fingerprint density at radius 2 is 1.15 bits per heavy atom. The van der Waals surface area contributed by atoms with Gasteiger partial charge in [0.2, 0.25) is 12.6 Å². The number of nitro groups is 2. The van der Waals surface area contributed by atoms with Crippen LogP contribution < -0.4 is 41.4 Å². The number of anilines is 6. The van der Waals surface area contributed by atoms with Crippen LogP contribution in [0.25, 0.3) is 0 Å².